The molecule has 12 heteroatoms. The van der Waals surface area contributed by atoms with Gasteiger partial charge in [-0.15, -0.1) is 0 Å². The van der Waals surface area contributed by atoms with E-state index in [2.05, 4.69) is 15.3 Å². The number of likely N-dealkylation sites (N-methyl/N-ethyl adjacent to an activating group) is 2. The Hall–Kier alpha value is -4.71. The van der Waals surface area contributed by atoms with Gasteiger partial charge < -0.3 is 30.2 Å². The van der Waals surface area contributed by atoms with Crippen LogP contribution in [0, 0.1) is 10.1 Å². The van der Waals surface area contributed by atoms with E-state index >= 15 is 0 Å². The summed E-state index contributed by atoms with van der Waals surface area (Å²) in [6.07, 6.45) is 3.41. The van der Waals surface area contributed by atoms with Gasteiger partial charge in [0.05, 0.1) is 23.2 Å². The highest BCUT2D eigenvalue weighted by Crippen LogP contribution is 2.39. The molecule has 2 aromatic carbocycles. The summed E-state index contributed by atoms with van der Waals surface area (Å²) in [5.74, 6) is 0.708. The molecule has 0 saturated heterocycles. The van der Waals surface area contributed by atoms with E-state index < -0.39 is 10.8 Å². The van der Waals surface area contributed by atoms with Crippen molar-refractivity contribution in [3.8, 4) is 11.6 Å². The molecule has 3 N–H and O–H groups in total. The first kappa shape index (κ1) is 25.4. The number of primary amides is 1. The Labute approximate surface area is 213 Å². The maximum Gasteiger partial charge on any atom is 0.294 e. The minimum Gasteiger partial charge on any atom is -0.494 e. The van der Waals surface area contributed by atoms with Crippen molar-refractivity contribution in [1.82, 2.24) is 19.4 Å². The zero-order chi connectivity index (χ0) is 26.7. The second-order valence-corrected chi connectivity index (χ2v) is 8.71. The van der Waals surface area contributed by atoms with Crippen molar-refractivity contribution in [2.45, 2.75) is 0 Å². The van der Waals surface area contributed by atoms with Crippen LogP contribution in [0.25, 0.3) is 16.7 Å². The van der Waals surface area contributed by atoms with Gasteiger partial charge in [0.2, 0.25) is 11.9 Å². The normalized spacial score (nSPS) is 11.1. The molecule has 4 aromatic rings. The van der Waals surface area contributed by atoms with Crippen molar-refractivity contribution >= 4 is 39.8 Å². The van der Waals surface area contributed by atoms with Crippen molar-refractivity contribution < 1.29 is 14.5 Å². The molecule has 12 nitrogen and oxygen atoms in total. The molecule has 0 aliphatic rings. The lowest BCUT2D eigenvalue weighted by Gasteiger charge is -2.22. The van der Waals surface area contributed by atoms with Gasteiger partial charge in [-0.05, 0) is 44.4 Å². The molecule has 0 saturated carbocycles. The van der Waals surface area contributed by atoms with Gasteiger partial charge in [0.1, 0.15) is 17.3 Å². The van der Waals surface area contributed by atoms with Crippen molar-refractivity contribution in [2.75, 3.05) is 51.6 Å². The topological polar surface area (TPSA) is 145 Å². The van der Waals surface area contributed by atoms with Crippen LogP contribution in [0.5, 0.6) is 5.75 Å². The monoisotopic (exact) mass is 504 g/mol. The lowest BCUT2D eigenvalue weighted by Crippen LogP contribution is -2.28. The summed E-state index contributed by atoms with van der Waals surface area (Å²) in [7, 11) is 7.19. The van der Waals surface area contributed by atoms with Crippen molar-refractivity contribution in [3.63, 3.8) is 0 Å². The minimum absolute atomic E-state index is 0.0673. The first-order chi connectivity index (χ1) is 17.7. The van der Waals surface area contributed by atoms with E-state index in [0.717, 1.165) is 17.4 Å². The third kappa shape index (κ3) is 5.43. The fourth-order valence-corrected chi connectivity index (χ4v) is 3.91. The molecule has 2 aromatic heterocycles. The Morgan fingerprint density at radius 2 is 1.95 bits per heavy atom. The number of aromatic nitrogens is 3. The van der Waals surface area contributed by atoms with Gasteiger partial charge in [-0.1, -0.05) is 0 Å². The van der Waals surface area contributed by atoms with E-state index in [-0.39, 0.29) is 11.6 Å². The number of hydrogen-bond donors (Lipinski definition) is 2. The summed E-state index contributed by atoms with van der Waals surface area (Å²) < 4.78 is 7.38. The van der Waals surface area contributed by atoms with Crippen molar-refractivity contribution in [3.05, 3.63) is 70.5 Å². The van der Waals surface area contributed by atoms with Gasteiger partial charge in [0.15, 0.2) is 0 Å². The SMILES string of the molecule is COc1cc(N(C)CCN(C)C)c([N+](=O)[O-])cc1Nc1nccc(-n2ccc3cc(C(N)=O)ccc32)n1. The molecule has 0 aliphatic carbocycles. The number of amides is 1. The van der Waals surface area contributed by atoms with Crippen LogP contribution in [0.4, 0.5) is 23.0 Å². The fourth-order valence-electron chi connectivity index (χ4n) is 3.91. The summed E-state index contributed by atoms with van der Waals surface area (Å²) >= 11 is 0. The molecule has 192 valence electrons. The van der Waals surface area contributed by atoms with Gasteiger partial charge in [-0.25, -0.2) is 4.98 Å². The zero-order valence-electron chi connectivity index (χ0n) is 21.0. The van der Waals surface area contributed by atoms with Crippen LogP contribution in [0.2, 0.25) is 0 Å². The average Bonchev–Trinajstić information content (AvgIpc) is 3.30. The van der Waals surface area contributed by atoms with Crippen LogP contribution in [0.1, 0.15) is 10.4 Å². The molecule has 0 radical (unpaired) electrons. The average molecular weight is 505 g/mol. The highest BCUT2D eigenvalue weighted by Gasteiger charge is 2.22. The minimum atomic E-state index is -0.499. The van der Waals surface area contributed by atoms with Crippen molar-refractivity contribution in [1.29, 1.82) is 0 Å². The highest BCUT2D eigenvalue weighted by atomic mass is 16.6. The number of carbonyl (C=O) groups is 1. The number of carbonyl (C=O) groups excluding carboxylic acids is 1. The van der Waals surface area contributed by atoms with E-state index in [0.29, 0.717) is 35.1 Å². The number of nitrogens with one attached hydrogen (secondary N) is 1. The third-order valence-corrected chi connectivity index (χ3v) is 5.90. The van der Waals surface area contributed by atoms with Crippen LogP contribution in [-0.2, 0) is 0 Å². The molecule has 2 heterocycles. The molecule has 0 aliphatic heterocycles. The molecule has 4 rings (SSSR count). The summed E-state index contributed by atoms with van der Waals surface area (Å²) in [4.78, 5) is 35.7. The van der Waals surface area contributed by atoms with E-state index in [1.165, 1.54) is 13.2 Å². The quantitative estimate of drug-likeness (QED) is 0.246. The number of rotatable bonds is 10. The van der Waals surface area contributed by atoms with Crippen LogP contribution >= 0.6 is 0 Å². The Morgan fingerprint density at radius 3 is 2.62 bits per heavy atom. The Bertz CT molecular complexity index is 1470. The standard InChI is InChI=1S/C25H28N8O4/c1-30(2)11-12-31(3)20-15-22(37-4)18(14-21(20)33(35)36)28-25-27-9-7-23(29-25)32-10-8-16-13-17(24(26)34)5-6-19(16)32/h5-10,13-15H,11-12H2,1-4H3,(H2,26,34)(H,27,28,29). The molecular weight excluding hydrogens is 476 g/mol. The van der Waals surface area contributed by atoms with Crippen molar-refractivity contribution in [2.24, 2.45) is 5.73 Å². The summed E-state index contributed by atoms with van der Waals surface area (Å²) in [6, 6.07) is 11.8. The number of hydrogen-bond acceptors (Lipinski definition) is 9. The smallest absolute Gasteiger partial charge is 0.294 e. The number of nitro benzene ring substituents is 1. The van der Waals surface area contributed by atoms with Crippen LogP contribution in [-0.4, -0.2) is 71.6 Å². The lowest BCUT2D eigenvalue weighted by molar-refractivity contribution is -0.384. The maximum absolute atomic E-state index is 11.9. The molecule has 0 fully saturated rings. The number of fused-ring (bicyclic) bond motifs is 1. The number of nitro groups is 1. The number of ether oxygens (including phenoxy) is 1. The van der Waals surface area contributed by atoms with Crippen LogP contribution in [0.15, 0.2) is 54.9 Å². The molecule has 0 atom stereocenters. The number of nitrogens with two attached hydrogens (primary N) is 1. The van der Waals surface area contributed by atoms with Crippen LogP contribution < -0.4 is 20.7 Å². The Kier molecular flexibility index (Phi) is 7.20. The van der Waals surface area contributed by atoms with Crippen LogP contribution in [0.3, 0.4) is 0 Å². The van der Waals surface area contributed by atoms with E-state index in [9.17, 15) is 14.9 Å². The second kappa shape index (κ2) is 10.5. The van der Waals surface area contributed by atoms with E-state index in [1.807, 2.05) is 40.7 Å². The first-order valence-electron chi connectivity index (χ1n) is 11.4. The number of methoxy groups -OCH3 is 1. The van der Waals surface area contributed by atoms with E-state index in [1.54, 1.807) is 43.6 Å². The van der Waals surface area contributed by atoms with Gasteiger partial charge in [0.25, 0.3) is 5.69 Å². The maximum atomic E-state index is 11.9. The largest absolute Gasteiger partial charge is 0.494 e. The number of anilines is 3. The lowest BCUT2D eigenvalue weighted by atomic mass is 10.1. The molecular formula is C25H28N8O4. The van der Waals surface area contributed by atoms with E-state index in [4.69, 9.17) is 10.5 Å². The summed E-state index contributed by atoms with van der Waals surface area (Å²) in [5, 5.41) is 15.8. The molecule has 0 unspecified atom stereocenters. The Balaban J connectivity index is 1.67. The predicted octanol–water partition coefficient (Wildman–Crippen LogP) is 3.18. The van der Waals surface area contributed by atoms with Gasteiger partial charge >= 0.3 is 0 Å². The van der Waals surface area contributed by atoms with Gasteiger partial charge in [-0.3, -0.25) is 14.9 Å². The predicted molar refractivity (Wildman–Crippen MR) is 142 cm³/mol. The van der Waals surface area contributed by atoms with Gasteiger partial charge in [-0.2, -0.15) is 4.98 Å². The molecule has 37 heavy (non-hydrogen) atoms. The van der Waals surface area contributed by atoms with Gasteiger partial charge in [0, 0.05) is 55.6 Å². The number of nitrogens with zero attached hydrogens (tertiary/aromatic N) is 6. The summed E-state index contributed by atoms with van der Waals surface area (Å²) in [6.45, 7) is 1.33. The first-order valence-corrected chi connectivity index (χ1v) is 11.4. The number of benzene rings is 2. The third-order valence-electron chi connectivity index (χ3n) is 5.90. The second-order valence-electron chi connectivity index (χ2n) is 8.71. The summed E-state index contributed by atoms with van der Waals surface area (Å²) in [5.41, 5.74) is 7.37. The highest BCUT2D eigenvalue weighted by molar-refractivity contribution is 5.97. The zero-order valence-corrected chi connectivity index (χ0v) is 21.0. The molecule has 1 amide bonds. The fraction of sp³-hybridized carbons (Fsp3) is 0.240. The molecule has 0 bridgehead atoms. The molecule has 0 spiro atoms. The Morgan fingerprint density at radius 1 is 1.16 bits per heavy atom.